The SMILES string of the molecule is OC[C@H]1O[C@@H](n2ncc3cnc(=S)[nH]c32)[C@H](O)[C@@H]1O. The van der Waals surface area contributed by atoms with Crippen LogP contribution in [0.1, 0.15) is 6.23 Å². The second-order valence-corrected chi connectivity index (χ2v) is 4.70. The smallest absolute Gasteiger partial charge is 0.198 e. The number of nitrogens with zero attached hydrogens (tertiary/aromatic N) is 3. The number of hydrogen-bond donors (Lipinski definition) is 4. The van der Waals surface area contributed by atoms with Gasteiger partial charge in [0.25, 0.3) is 0 Å². The summed E-state index contributed by atoms with van der Waals surface area (Å²) in [5.41, 5.74) is 0.537. The molecule has 1 fully saturated rings. The Bertz CT molecular complexity index is 656. The number of fused-ring (bicyclic) bond motifs is 1. The van der Waals surface area contributed by atoms with E-state index in [9.17, 15) is 10.2 Å². The van der Waals surface area contributed by atoms with Crippen LogP contribution in [-0.4, -0.2) is 60.0 Å². The lowest BCUT2D eigenvalue weighted by Gasteiger charge is -2.15. The van der Waals surface area contributed by atoms with Gasteiger partial charge in [-0.25, -0.2) is 9.67 Å². The molecule has 0 spiro atoms. The zero-order valence-corrected chi connectivity index (χ0v) is 10.5. The summed E-state index contributed by atoms with van der Waals surface area (Å²) in [6.07, 6.45) is -0.988. The van der Waals surface area contributed by atoms with Gasteiger partial charge in [-0.3, -0.25) is 0 Å². The van der Waals surface area contributed by atoms with Crippen molar-refractivity contribution in [1.82, 2.24) is 19.7 Å². The molecule has 2 aromatic rings. The van der Waals surface area contributed by atoms with Crippen molar-refractivity contribution in [1.29, 1.82) is 0 Å². The van der Waals surface area contributed by atoms with E-state index in [1.54, 1.807) is 12.4 Å². The van der Waals surface area contributed by atoms with Crippen LogP contribution in [-0.2, 0) is 4.74 Å². The minimum Gasteiger partial charge on any atom is -0.394 e. The molecule has 0 saturated carbocycles. The molecular formula is C10H12N4O4S. The Morgan fingerprint density at radius 1 is 1.37 bits per heavy atom. The maximum absolute atomic E-state index is 9.96. The van der Waals surface area contributed by atoms with Crippen LogP contribution in [0.3, 0.4) is 0 Å². The number of aromatic amines is 1. The number of rotatable bonds is 2. The number of aromatic nitrogens is 4. The number of hydrogen-bond acceptors (Lipinski definition) is 7. The Morgan fingerprint density at radius 2 is 2.16 bits per heavy atom. The van der Waals surface area contributed by atoms with E-state index in [4.69, 9.17) is 22.1 Å². The average Bonchev–Trinajstić information content (AvgIpc) is 2.92. The molecule has 0 bridgehead atoms. The van der Waals surface area contributed by atoms with E-state index in [-0.39, 0.29) is 11.4 Å². The minimum atomic E-state index is -1.18. The molecule has 2 aromatic heterocycles. The van der Waals surface area contributed by atoms with Crippen molar-refractivity contribution in [3.63, 3.8) is 0 Å². The van der Waals surface area contributed by atoms with Crippen LogP contribution in [0.15, 0.2) is 12.4 Å². The normalized spacial score (nSPS) is 31.1. The van der Waals surface area contributed by atoms with Crippen LogP contribution >= 0.6 is 12.2 Å². The van der Waals surface area contributed by atoms with Crippen molar-refractivity contribution >= 4 is 23.3 Å². The van der Waals surface area contributed by atoms with E-state index in [2.05, 4.69) is 15.1 Å². The lowest BCUT2D eigenvalue weighted by molar-refractivity contribution is -0.0566. The molecule has 1 aliphatic heterocycles. The Hall–Kier alpha value is -1.39. The third-order valence-corrected chi connectivity index (χ3v) is 3.34. The molecule has 3 rings (SSSR count). The molecule has 0 aliphatic carbocycles. The lowest BCUT2D eigenvalue weighted by Crippen LogP contribution is -2.33. The Morgan fingerprint density at radius 3 is 2.84 bits per heavy atom. The van der Waals surface area contributed by atoms with E-state index in [1.165, 1.54) is 4.68 Å². The van der Waals surface area contributed by atoms with E-state index in [0.717, 1.165) is 0 Å². The number of ether oxygens (including phenoxy) is 1. The van der Waals surface area contributed by atoms with Gasteiger partial charge in [0.15, 0.2) is 11.0 Å². The molecule has 1 saturated heterocycles. The topological polar surface area (TPSA) is 116 Å². The Labute approximate surface area is 112 Å². The second-order valence-electron chi connectivity index (χ2n) is 4.31. The third-order valence-electron chi connectivity index (χ3n) is 3.13. The second kappa shape index (κ2) is 4.62. The highest BCUT2D eigenvalue weighted by atomic mass is 32.1. The summed E-state index contributed by atoms with van der Waals surface area (Å²) >= 11 is 4.94. The average molecular weight is 284 g/mol. The van der Waals surface area contributed by atoms with Gasteiger partial charge in [0.1, 0.15) is 24.0 Å². The molecule has 1 aliphatic rings. The summed E-state index contributed by atoms with van der Waals surface area (Å²) in [4.78, 5) is 6.78. The van der Waals surface area contributed by atoms with Crippen molar-refractivity contribution in [2.24, 2.45) is 0 Å². The standard InChI is InChI=1S/C10H12N4O4S/c15-3-5-6(16)7(17)9(18-5)14-8-4(2-12-14)1-11-10(19)13-8/h1-2,5-7,9,15-17H,3H2,(H,11,13,19)/t5-,6-,7-,9-/m1/s1. The Kier molecular flexibility index (Phi) is 3.07. The molecule has 4 atom stereocenters. The highest BCUT2D eigenvalue weighted by molar-refractivity contribution is 7.71. The van der Waals surface area contributed by atoms with Crippen LogP contribution in [0.5, 0.6) is 0 Å². The zero-order valence-electron chi connectivity index (χ0n) is 9.67. The Balaban J connectivity index is 2.05. The van der Waals surface area contributed by atoms with Crippen molar-refractivity contribution < 1.29 is 20.1 Å². The van der Waals surface area contributed by atoms with E-state index >= 15 is 0 Å². The fourth-order valence-electron chi connectivity index (χ4n) is 2.14. The summed E-state index contributed by atoms with van der Waals surface area (Å²) in [5.74, 6) is 0. The van der Waals surface area contributed by atoms with Gasteiger partial charge in [-0.1, -0.05) is 0 Å². The first-order valence-corrected chi connectivity index (χ1v) is 6.07. The molecule has 4 N–H and O–H groups in total. The molecular weight excluding hydrogens is 272 g/mol. The molecule has 8 nitrogen and oxygen atoms in total. The van der Waals surface area contributed by atoms with Gasteiger partial charge < -0.3 is 25.0 Å². The maximum Gasteiger partial charge on any atom is 0.198 e. The fourth-order valence-corrected chi connectivity index (χ4v) is 2.29. The van der Waals surface area contributed by atoms with Crippen molar-refractivity contribution in [3.05, 3.63) is 17.2 Å². The molecule has 0 radical (unpaired) electrons. The highest BCUT2D eigenvalue weighted by Crippen LogP contribution is 2.30. The van der Waals surface area contributed by atoms with Gasteiger partial charge in [-0.05, 0) is 12.2 Å². The predicted octanol–water partition coefficient (Wildman–Crippen LogP) is -0.900. The molecule has 0 amide bonds. The molecule has 19 heavy (non-hydrogen) atoms. The van der Waals surface area contributed by atoms with Gasteiger partial charge in [0.05, 0.1) is 18.2 Å². The first kappa shape index (κ1) is 12.6. The van der Waals surface area contributed by atoms with Crippen LogP contribution in [0.4, 0.5) is 0 Å². The van der Waals surface area contributed by atoms with Crippen molar-refractivity contribution in [2.75, 3.05) is 6.61 Å². The molecule has 0 unspecified atom stereocenters. The largest absolute Gasteiger partial charge is 0.394 e. The fraction of sp³-hybridized carbons (Fsp3) is 0.500. The van der Waals surface area contributed by atoms with Crippen molar-refractivity contribution in [2.45, 2.75) is 24.5 Å². The molecule has 102 valence electrons. The number of aliphatic hydroxyl groups excluding tert-OH is 3. The van der Waals surface area contributed by atoms with E-state index < -0.39 is 24.5 Å². The number of H-pyrrole nitrogens is 1. The van der Waals surface area contributed by atoms with Gasteiger partial charge >= 0.3 is 0 Å². The van der Waals surface area contributed by atoms with E-state index in [0.29, 0.717) is 11.0 Å². The first-order chi connectivity index (χ1) is 9.11. The number of aliphatic hydroxyl groups is 3. The lowest BCUT2D eigenvalue weighted by atomic mass is 10.1. The summed E-state index contributed by atoms with van der Waals surface area (Å²) in [7, 11) is 0. The van der Waals surface area contributed by atoms with Crippen molar-refractivity contribution in [3.8, 4) is 0 Å². The minimum absolute atomic E-state index is 0.279. The quantitative estimate of drug-likeness (QED) is 0.528. The predicted molar refractivity (Wildman–Crippen MR) is 65.7 cm³/mol. The summed E-state index contributed by atoms with van der Waals surface area (Å²) in [6.45, 7) is -0.383. The van der Waals surface area contributed by atoms with Crippen LogP contribution in [0.25, 0.3) is 11.0 Å². The number of nitrogens with one attached hydrogen (secondary N) is 1. The maximum atomic E-state index is 9.96. The van der Waals surface area contributed by atoms with Crippen LogP contribution in [0, 0.1) is 4.77 Å². The molecule has 3 heterocycles. The van der Waals surface area contributed by atoms with Gasteiger partial charge in [-0.15, -0.1) is 0 Å². The van der Waals surface area contributed by atoms with Crippen LogP contribution in [0.2, 0.25) is 0 Å². The first-order valence-electron chi connectivity index (χ1n) is 5.67. The summed E-state index contributed by atoms with van der Waals surface area (Å²) in [5, 5.41) is 33.6. The zero-order chi connectivity index (χ0) is 13.6. The molecule has 9 heteroatoms. The monoisotopic (exact) mass is 284 g/mol. The highest BCUT2D eigenvalue weighted by Gasteiger charge is 2.44. The van der Waals surface area contributed by atoms with Gasteiger partial charge in [0, 0.05) is 6.20 Å². The van der Waals surface area contributed by atoms with Gasteiger partial charge in [-0.2, -0.15) is 5.10 Å². The van der Waals surface area contributed by atoms with Gasteiger partial charge in [0.2, 0.25) is 0 Å². The summed E-state index contributed by atoms with van der Waals surface area (Å²) < 4.78 is 7.07. The third kappa shape index (κ3) is 1.95. The van der Waals surface area contributed by atoms with E-state index in [1.807, 2.05) is 0 Å². The summed E-state index contributed by atoms with van der Waals surface area (Å²) in [6, 6.07) is 0. The molecule has 0 aromatic carbocycles. The van der Waals surface area contributed by atoms with Crippen LogP contribution < -0.4 is 0 Å².